The number of hydrogen-bond donors (Lipinski definition) is 1. The predicted molar refractivity (Wildman–Crippen MR) is 81.4 cm³/mol. The zero-order valence-corrected chi connectivity index (χ0v) is 12.9. The minimum Gasteiger partial charge on any atom is -0.469 e. The van der Waals surface area contributed by atoms with Crippen molar-refractivity contribution in [1.82, 2.24) is 4.90 Å². The van der Waals surface area contributed by atoms with E-state index < -0.39 is 0 Å². The van der Waals surface area contributed by atoms with Crippen LogP contribution in [0.5, 0.6) is 0 Å². The lowest BCUT2D eigenvalue weighted by Gasteiger charge is -2.25. The minimum atomic E-state index is -0.347. The van der Waals surface area contributed by atoms with Crippen molar-refractivity contribution in [2.24, 2.45) is 5.92 Å². The van der Waals surface area contributed by atoms with Crippen LogP contribution in [0.4, 0.5) is 10.5 Å². The van der Waals surface area contributed by atoms with Gasteiger partial charge in [-0.15, -0.1) is 0 Å². The number of carbonyl (C=O) groups is 2. The van der Waals surface area contributed by atoms with Crippen LogP contribution in [-0.2, 0) is 9.53 Å². The number of carbonyl (C=O) groups excluding carboxylic acids is 2. The van der Waals surface area contributed by atoms with Crippen molar-refractivity contribution in [3.8, 4) is 0 Å². The summed E-state index contributed by atoms with van der Waals surface area (Å²) in [5.41, 5.74) is 0.642. The average Bonchev–Trinajstić information content (AvgIpc) is 3.27. The fourth-order valence-electron chi connectivity index (χ4n) is 2.12. The maximum absolute atomic E-state index is 12.4. The minimum absolute atomic E-state index is 0.205. The summed E-state index contributed by atoms with van der Waals surface area (Å²) in [4.78, 5) is 25.6. The van der Waals surface area contributed by atoms with Gasteiger partial charge in [-0.3, -0.25) is 4.79 Å². The molecule has 1 saturated carbocycles. The molecule has 0 radical (unpaired) electrons. The standard InChI is InChI=1S/C15H19ClN2O3/c1-10(14(19)21-2)9-18(13-6-7-13)15(20)17-12-5-3-4-11(16)8-12/h3-5,8,10,13H,6-7,9H2,1-2H3,(H,17,20). The summed E-state index contributed by atoms with van der Waals surface area (Å²) < 4.78 is 4.71. The van der Waals surface area contributed by atoms with Crippen LogP contribution < -0.4 is 5.32 Å². The normalized spacial score (nSPS) is 15.2. The molecule has 21 heavy (non-hydrogen) atoms. The summed E-state index contributed by atoms with van der Waals surface area (Å²) in [5.74, 6) is -0.656. The zero-order chi connectivity index (χ0) is 15.4. The van der Waals surface area contributed by atoms with Gasteiger partial charge < -0.3 is 15.0 Å². The molecule has 0 saturated heterocycles. The number of rotatable bonds is 5. The number of anilines is 1. The third-order valence-electron chi connectivity index (χ3n) is 3.40. The molecule has 1 unspecified atom stereocenters. The molecule has 2 amide bonds. The van der Waals surface area contributed by atoms with Gasteiger partial charge in [-0.2, -0.15) is 0 Å². The van der Waals surface area contributed by atoms with E-state index >= 15 is 0 Å². The third kappa shape index (κ3) is 4.36. The molecule has 1 N–H and O–H groups in total. The Bertz CT molecular complexity index is 531. The van der Waals surface area contributed by atoms with Crippen LogP contribution in [0.2, 0.25) is 5.02 Å². The van der Waals surface area contributed by atoms with Crippen molar-refractivity contribution in [2.75, 3.05) is 19.0 Å². The number of halogens is 1. The Morgan fingerprint density at radius 1 is 1.48 bits per heavy atom. The highest BCUT2D eigenvalue weighted by Crippen LogP contribution is 2.28. The van der Waals surface area contributed by atoms with Crippen molar-refractivity contribution in [3.63, 3.8) is 0 Å². The molecule has 5 nitrogen and oxygen atoms in total. The number of nitrogens with one attached hydrogen (secondary N) is 1. The van der Waals surface area contributed by atoms with Gasteiger partial charge in [-0.1, -0.05) is 24.6 Å². The lowest BCUT2D eigenvalue weighted by atomic mass is 10.1. The van der Waals surface area contributed by atoms with Crippen LogP contribution in [-0.4, -0.2) is 36.6 Å². The molecule has 0 aromatic heterocycles. The summed E-state index contributed by atoms with van der Waals surface area (Å²) in [7, 11) is 1.35. The van der Waals surface area contributed by atoms with E-state index in [9.17, 15) is 9.59 Å². The second kappa shape index (κ2) is 6.80. The van der Waals surface area contributed by atoms with Crippen LogP contribution in [0.15, 0.2) is 24.3 Å². The number of nitrogens with zero attached hydrogens (tertiary/aromatic N) is 1. The van der Waals surface area contributed by atoms with Crippen molar-refractivity contribution < 1.29 is 14.3 Å². The molecule has 1 aliphatic rings. The van der Waals surface area contributed by atoms with Crippen molar-refractivity contribution in [2.45, 2.75) is 25.8 Å². The molecule has 1 aromatic rings. The number of esters is 1. The number of methoxy groups -OCH3 is 1. The molecular formula is C15H19ClN2O3. The Hall–Kier alpha value is -1.75. The Labute approximate surface area is 129 Å². The van der Waals surface area contributed by atoms with Gasteiger partial charge in [0.05, 0.1) is 13.0 Å². The highest BCUT2D eigenvalue weighted by Gasteiger charge is 2.34. The summed E-state index contributed by atoms with van der Waals surface area (Å²) in [5, 5.41) is 3.38. The van der Waals surface area contributed by atoms with Gasteiger partial charge in [0.15, 0.2) is 0 Å². The highest BCUT2D eigenvalue weighted by atomic mass is 35.5. The number of urea groups is 1. The monoisotopic (exact) mass is 310 g/mol. The predicted octanol–water partition coefficient (Wildman–Crippen LogP) is 3.15. The zero-order valence-electron chi connectivity index (χ0n) is 12.1. The maximum atomic E-state index is 12.4. The van der Waals surface area contributed by atoms with Gasteiger partial charge in [-0.05, 0) is 31.0 Å². The first-order valence-electron chi connectivity index (χ1n) is 6.92. The van der Waals surface area contributed by atoms with Crippen molar-refractivity contribution in [3.05, 3.63) is 29.3 Å². The second-order valence-corrected chi connectivity index (χ2v) is 5.68. The molecule has 0 aliphatic heterocycles. The highest BCUT2D eigenvalue weighted by molar-refractivity contribution is 6.30. The van der Waals surface area contributed by atoms with E-state index in [0.29, 0.717) is 17.3 Å². The smallest absolute Gasteiger partial charge is 0.322 e. The largest absolute Gasteiger partial charge is 0.469 e. The molecule has 6 heteroatoms. The molecule has 1 atom stereocenters. The van der Waals surface area contributed by atoms with Crippen molar-refractivity contribution >= 4 is 29.3 Å². The van der Waals surface area contributed by atoms with Gasteiger partial charge in [0.2, 0.25) is 0 Å². The van der Waals surface area contributed by atoms with E-state index in [1.807, 2.05) is 0 Å². The Morgan fingerprint density at radius 3 is 2.76 bits per heavy atom. The van der Waals surface area contributed by atoms with Gasteiger partial charge in [0, 0.05) is 23.3 Å². The quantitative estimate of drug-likeness (QED) is 0.850. The van der Waals surface area contributed by atoms with E-state index in [4.69, 9.17) is 16.3 Å². The first kappa shape index (κ1) is 15.6. The van der Waals surface area contributed by atoms with Gasteiger partial charge >= 0.3 is 12.0 Å². The maximum Gasteiger partial charge on any atom is 0.322 e. The van der Waals surface area contributed by atoms with E-state index in [1.165, 1.54) is 7.11 Å². The Morgan fingerprint density at radius 2 is 2.19 bits per heavy atom. The third-order valence-corrected chi connectivity index (χ3v) is 3.63. The fraction of sp³-hybridized carbons (Fsp3) is 0.467. The van der Waals surface area contributed by atoms with E-state index in [1.54, 1.807) is 36.1 Å². The topological polar surface area (TPSA) is 58.6 Å². The van der Waals surface area contributed by atoms with Gasteiger partial charge in [-0.25, -0.2) is 4.79 Å². The van der Waals surface area contributed by atoms with Gasteiger partial charge in [0.25, 0.3) is 0 Å². The number of ether oxygens (including phenoxy) is 1. The summed E-state index contributed by atoms with van der Waals surface area (Å²) in [6.45, 7) is 2.11. The molecule has 1 aliphatic carbocycles. The molecule has 0 heterocycles. The Balaban J connectivity index is 2.01. The first-order chi connectivity index (χ1) is 10.0. The van der Waals surface area contributed by atoms with E-state index in [-0.39, 0.29) is 24.0 Å². The van der Waals surface area contributed by atoms with Crippen LogP contribution in [0, 0.1) is 5.92 Å². The molecular weight excluding hydrogens is 292 g/mol. The molecule has 1 fully saturated rings. The molecule has 0 spiro atoms. The fourth-order valence-corrected chi connectivity index (χ4v) is 2.31. The van der Waals surface area contributed by atoms with E-state index in [2.05, 4.69) is 5.32 Å². The lowest BCUT2D eigenvalue weighted by Crippen LogP contribution is -2.41. The van der Waals surface area contributed by atoms with Crippen LogP contribution >= 0.6 is 11.6 Å². The summed E-state index contributed by atoms with van der Waals surface area (Å²) >= 11 is 5.90. The number of amides is 2. The van der Waals surface area contributed by atoms with Crippen LogP contribution in [0.1, 0.15) is 19.8 Å². The van der Waals surface area contributed by atoms with Crippen LogP contribution in [0.3, 0.4) is 0 Å². The first-order valence-corrected chi connectivity index (χ1v) is 7.30. The lowest BCUT2D eigenvalue weighted by molar-refractivity contribution is -0.145. The SMILES string of the molecule is COC(=O)C(C)CN(C(=O)Nc1cccc(Cl)c1)C1CC1. The average molecular weight is 311 g/mol. The summed E-state index contributed by atoms with van der Waals surface area (Å²) in [6, 6.07) is 6.98. The van der Waals surface area contributed by atoms with E-state index in [0.717, 1.165) is 12.8 Å². The summed E-state index contributed by atoms with van der Waals surface area (Å²) in [6.07, 6.45) is 1.94. The Kier molecular flexibility index (Phi) is 5.07. The molecule has 0 bridgehead atoms. The second-order valence-electron chi connectivity index (χ2n) is 5.25. The molecule has 1 aromatic carbocycles. The number of benzene rings is 1. The molecule has 2 rings (SSSR count). The van der Waals surface area contributed by atoms with Crippen molar-refractivity contribution in [1.29, 1.82) is 0 Å². The molecule has 114 valence electrons. The van der Waals surface area contributed by atoms with Crippen LogP contribution in [0.25, 0.3) is 0 Å². The number of hydrogen-bond acceptors (Lipinski definition) is 3. The van der Waals surface area contributed by atoms with Gasteiger partial charge in [0.1, 0.15) is 0 Å².